The smallest absolute Gasteiger partial charge is 0.251 e. The van der Waals surface area contributed by atoms with Gasteiger partial charge in [0.1, 0.15) is 11.6 Å². The van der Waals surface area contributed by atoms with Gasteiger partial charge < -0.3 is 5.32 Å². The summed E-state index contributed by atoms with van der Waals surface area (Å²) in [4.78, 5) is 21.7. The van der Waals surface area contributed by atoms with Crippen LogP contribution in [-0.2, 0) is 0 Å². The Labute approximate surface area is 158 Å². The lowest BCUT2D eigenvalue weighted by atomic mass is 10.1. The van der Waals surface area contributed by atoms with Crippen molar-refractivity contribution < 1.29 is 4.79 Å². The maximum absolute atomic E-state index is 12.7. The first-order valence-corrected chi connectivity index (χ1v) is 8.71. The van der Waals surface area contributed by atoms with E-state index in [1.165, 1.54) is 0 Å². The van der Waals surface area contributed by atoms with Gasteiger partial charge >= 0.3 is 0 Å². The van der Waals surface area contributed by atoms with Gasteiger partial charge in [0.05, 0.1) is 5.69 Å². The molecule has 0 atom stereocenters. The summed E-state index contributed by atoms with van der Waals surface area (Å²) in [5.74, 6) is 1.30. The Kier molecular flexibility index (Phi) is 4.83. The van der Waals surface area contributed by atoms with Gasteiger partial charge in [0.25, 0.3) is 5.91 Å². The molecule has 0 fully saturated rings. The second kappa shape index (κ2) is 6.92. The Bertz CT molecular complexity index is 939. The van der Waals surface area contributed by atoms with E-state index in [2.05, 4.69) is 10.3 Å². The molecule has 5 nitrogen and oxygen atoms in total. The highest BCUT2D eigenvalue weighted by molar-refractivity contribution is 6.30. The summed E-state index contributed by atoms with van der Waals surface area (Å²) in [5, 5.41) is 3.65. The molecule has 1 amide bonds. The van der Waals surface area contributed by atoms with Crippen molar-refractivity contribution in [3.05, 3.63) is 65.2 Å². The lowest BCUT2D eigenvalue weighted by Gasteiger charge is -2.21. The van der Waals surface area contributed by atoms with Crippen LogP contribution in [0.15, 0.2) is 48.8 Å². The zero-order valence-electron chi connectivity index (χ0n) is 15.2. The van der Waals surface area contributed by atoms with Crippen LogP contribution in [0.2, 0.25) is 5.02 Å². The largest absolute Gasteiger partial charge is 0.347 e. The van der Waals surface area contributed by atoms with Crippen LogP contribution in [0.4, 0.5) is 0 Å². The molecule has 2 aromatic heterocycles. The van der Waals surface area contributed by atoms with E-state index in [9.17, 15) is 4.79 Å². The first kappa shape index (κ1) is 18.1. The van der Waals surface area contributed by atoms with Crippen molar-refractivity contribution in [3.63, 3.8) is 0 Å². The minimum absolute atomic E-state index is 0.144. The molecule has 0 aliphatic carbocycles. The molecule has 0 saturated heterocycles. The number of nitrogens with one attached hydrogen (secondary N) is 1. The maximum atomic E-state index is 12.7. The highest BCUT2D eigenvalue weighted by atomic mass is 35.5. The fourth-order valence-electron chi connectivity index (χ4n) is 2.57. The Hall–Kier alpha value is -2.66. The number of halogens is 1. The van der Waals surface area contributed by atoms with E-state index in [0.29, 0.717) is 22.1 Å². The molecule has 0 aliphatic heterocycles. The van der Waals surface area contributed by atoms with Crippen molar-refractivity contribution in [1.29, 1.82) is 0 Å². The van der Waals surface area contributed by atoms with Gasteiger partial charge in [-0.2, -0.15) is 0 Å². The van der Waals surface area contributed by atoms with Crippen LogP contribution < -0.4 is 5.32 Å². The molecule has 0 radical (unpaired) electrons. The lowest BCUT2D eigenvalue weighted by Crippen LogP contribution is -2.40. The zero-order chi connectivity index (χ0) is 18.9. The van der Waals surface area contributed by atoms with Crippen LogP contribution in [0.3, 0.4) is 0 Å². The summed E-state index contributed by atoms with van der Waals surface area (Å²) >= 11 is 5.99. The minimum Gasteiger partial charge on any atom is -0.347 e. The fraction of sp³-hybridized carbons (Fsp3) is 0.250. The first-order chi connectivity index (χ1) is 12.2. The number of rotatable bonds is 3. The number of benzene rings is 1. The molecule has 3 rings (SSSR count). The van der Waals surface area contributed by atoms with E-state index in [1.54, 1.807) is 18.3 Å². The van der Waals surface area contributed by atoms with Crippen molar-refractivity contribution in [1.82, 2.24) is 19.9 Å². The average Bonchev–Trinajstić information content (AvgIpc) is 2.99. The Morgan fingerprint density at radius 3 is 2.42 bits per heavy atom. The monoisotopic (exact) mass is 368 g/mol. The van der Waals surface area contributed by atoms with Crippen molar-refractivity contribution in [2.75, 3.05) is 0 Å². The van der Waals surface area contributed by atoms with Crippen LogP contribution in [0, 0.1) is 6.92 Å². The molecule has 3 aromatic rings. The number of nitrogens with zero attached hydrogens (tertiary/aromatic N) is 3. The molecule has 26 heavy (non-hydrogen) atoms. The summed E-state index contributed by atoms with van der Waals surface area (Å²) in [6.07, 6.45) is 3.54. The van der Waals surface area contributed by atoms with Crippen LogP contribution in [-0.4, -0.2) is 26.0 Å². The Morgan fingerprint density at radius 1 is 1.15 bits per heavy atom. The van der Waals surface area contributed by atoms with E-state index in [0.717, 1.165) is 11.4 Å². The minimum atomic E-state index is -0.328. The lowest BCUT2D eigenvalue weighted by molar-refractivity contribution is 0.0919. The quantitative estimate of drug-likeness (QED) is 0.744. The van der Waals surface area contributed by atoms with E-state index >= 15 is 0 Å². The van der Waals surface area contributed by atoms with Gasteiger partial charge in [0, 0.05) is 34.1 Å². The normalized spacial score (nSPS) is 11.4. The van der Waals surface area contributed by atoms with Crippen LogP contribution >= 0.6 is 11.6 Å². The van der Waals surface area contributed by atoms with Crippen molar-refractivity contribution in [2.45, 2.75) is 33.2 Å². The third kappa shape index (κ3) is 4.11. The molecule has 1 N–H and O–H groups in total. The molecule has 134 valence electrons. The molecule has 1 aromatic carbocycles. The Morgan fingerprint density at radius 2 is 1.85 bits per heavy atom. The number of amides is 1. The molecule has 0 spiro atoms. The van der Waals surface area contributed by atoms with E-state index in [1.807, 2.05) is 62.7 Å². The van der Waals surface area contributed by atoms with E-state index in [4.69, 9.17) is 16.6 Å². The summed E-state index contributed by atoms with van der Waals surface area (Å²) in [5.41, 5.74) is 1.81. The fourth-order valence-corrected chi connectivity index (χ4v) is 2.70. The molecule has 0 unspecified atom stereocenters. The number of hydrogen-bond donors (Lipinski definition) is 1. The number of imidazole rings is 1. The van der Waals surface area contributed by atoms with Crippen LogP contribution in [0.1, 0.15) is 37.0 Å². The molecule has 0 bridgehead atoms. The SMILES string of the molecule is Cc1nccn1-c1cc(C(=O)NC(C)(C)C)cc(-c2ccc(Cl)cc2)n1. The van der Waals surface area contributed by atoms with E-state index in [-0.39, 0.29) is 11.4 Å². The Balaban J connectivity index is 2.12. The van der Waals surface area contributed by atoms with Gasteiger partial charge in [0.15, 0.2) is 0 Å². The molecular formula is C20H21ClN4O. The third-order valence-electron chi connectivity index (χ3n) is 3.78. The number of aromatic nitrogens is 3. The number of carbonyl (C=O) groups is 1. The van der Waals surface area contributed by atoms with Crippen LogP contribution in [0.5, 0.6) is 0 Å². The van der Waals surface area contributed by atoms with Crippen LogP contribution in [0.25, 0.3) is 17.1 Å². The number of hydrogen-bond acceptors (Lipinski definition) is 3. The highest BCUT2D eigenvalue weighted by Gasteiger charge is 2.18. The van der Waals surface area contributed by atoms with Gasteiger partial charge in [-0.1, -0.05) is 23.7 Å². The predicted octanol–water partition coefficient (Wildman–Crippen LogP) is 4.42. The summed E-state index contributed by atoms with van der Waals surface area (Å²) in [6.45, 7) is 7.75. The summed E-state index contributed by atoms with van der Waals surface area (Å²) in [6, 6.07) is 11.0. The molecule has 2 heterocycles. The summed E-state index contributed by atoms with van der Waals surface area (Å²) in [7, 11) is 0. The van der Waals surface area contributed by atoms with Gasteiger partial charge in [-0.25, -0.2) is 9.97 Å². The van der Waals surface area contributed by atoms with Crippen molar-refractivity contribution in [3.8, 4) is 17.1 Å². The van der Waals surface area contributed by atoms with Gasteiger partial charge in [-0.05, 0) is 52.0 Å². The molecular weight excluding hydrogens is 348 g/mol. The van der Waals surface area contributed by atoms with Gasteiger partial charge in [0.2, 0.25) is 0 Å². The van der Waals surface area contributed by atoms with Gasteiger partial charge in [-0.15, -0.1) is 0 Å². The highest BCUT2D eigenvalue weighted by Crippen LogP contribution is 2.23. The topological polar surface area (TPSA) is 59.8 Å². The number of pyridine rings is 1. The standard InChI is InChI=1S/C20H21ClN4O/c1-13-22-9-10-25(13)18-12-15(19(26)24-20(2,3)4)11-17(23-18)14-5-7-16(21)8-6-14/h5-12H,1-4H3,(H,24,26). The second-order valence-electron chi connectivity index (χ2n) is 7.15. The third-order valence-corrected chi connectivity index (χ3v) is 4.03. The van der Waals surface area contributed by atoms with Gasteiger partial charge in [-0.3, -0.25) is 9.36 Å². The van der Waals surface area contributed by atoms with Crippen molar-refractivity contribution >= 4 is 17.5 Å². The summed E-state index contributed by atoms with van der Waals surface area (Å²) < 4.78 is 1.85. The second-order valence-corrected chi connectivity index (χ2v) is 7.59. The average molecular weight is 369 g/mol. The maximum Gasteiger partial charge on any atom is 0.251 e. The number of carbonyl (C=O) groups excluding carboxylic acids is 1. The number of aryl methyl sites for hydroxylation is 1. The first-order valence-electron chi connectivity index (χ1n) is 8.34. The van der Waals surface area contributed by atoms with E-state index < -0.39 is 0 Å². The zero-order valence-corrected chi connectivity index (χ0v) is 16.0. The van der Waals surface area contributed by atoms with Crippen molar-refractivity contribution in [2.24, 2.45) is 0 Å². The predicted molar refractivity (Wildman–Crippen MR) is 104 cm³/mol. The molecule has 6 heteroatoms. The molecule has 0 saturated carbocycles. The molecule has 0 aliphatic rings.